The molecular formula is C17H23N3OS. The maximum Gasteiger partial charge on any atom is 0.160 e. The molecule has 0 saturated carbocycles. The van der Waals surface area contributed by atoms with Crippen LogP contribution in [0.15, 0.2) is 24.3 Å². The lowest BCUT2D eigenvalue weighted by Crippen LogP contribution is -2.55. The molecule has 3 saturated heterocycles. The Labute approximate surface area is 135 Å². The Hall–Kier alpha value is -1.43. The second-order valence-corrected chi connectivity index (χ2v) is 7.15. The number of carbonyl (C=O) groups excluding carboxylic acids is 1. The van der Waals surface area contributed by atoms with Crippen molar-refractivity contribution in [1.29, 1.82) is 0 Å². The normalized spacial score (nSPS) is 26.5. The van der Waals surface area contributed by atoms with E-state index in [9.17, 15) is 4.79 Å². The summed E-state index contributed by atoms with van der Waals surface area (Å²) in [6.45, 7) is 3.99. The number of nitrogens with one attached hydrogen (secondary N) is 1. The second-order valence-electron chi connectivity index (χ2n) is 6.07. The summed E-state index contributed by atoms with van der Waals surface area (Å²) in [5.41, 5.74) is 6.46. The number of nitrogen functional groups attached to an aromatic ring is 1. The SMILES string of the molecule is CN[C@H]1CN2CCC1CC2.Nc1cccc2cc(C=O)sc12. The predicted octanol–water partition coefficient (Wildman–Crippen LogP) is 2.60. The topological polar surface area (TPSA) is 58.4 Å². The maximum atomic E-state index is 10.5. The third kappa shape index (κ3) is 3.16. The summed E-state index contributed by atoms with van der Waals surface area (Å²) < 4.78 is 1.000. The van der Waals surface area contributed by atoms with Crippen molar-refractivity contribution in [1.82, 2.24) is 10.2 Å². The molecule has 5 heteroatoms. The number of likely N-dealkylation sites (N-methyl/N-ethyl adjacent to an activating group) is 1. The monoisotopic (exact) mass is 317 g/mol. The van der Waals surface area contributed by atoms with Crippen LogP contribution in [0.3, 0.4) is 0 Å². The molecular weight excluding hydrogens is 294 g/mol. The van der Waals surface area contributed by atoms with Crippen LogP contribution in [0.25, 0.3) is 10.1 Å². The summed E-state index contributed by atoms with van der Waals surface area (Å²) in [6.07, 6.45) is 3.70. The van der Waals surface area contributed by atoms with Crippen LogP contribution < -0.4 is 11.1 Å². The Balaban J connectivity index is 0.000000133. The van der Waals surface area contributed by atoms with Gasteiger partial charge in [0.15, 0.2) is 6.29 Å². The molecule has 1 aromatic carbocycles. The number of hydrogen-bond donors (Lipinski definition) is 2. The molecule has 22 heavy (non-hydrogen) atoms. The number of hydrogen-bond acceptors (Lipinski definition) is 5. The lowest BCUT2D eigenvalue weighted by atomic mass is 9.84. The lowest BCUT2D eigenvalue weighted by Gasteiger charge is -2.44. The second kappa shape index (κ2) is 6.77. The quantitative estimate of drug-likeness (QED) is 0.660. The number of nitrogens with zero attached hydrogens (tertiary/aromatic N) is 1. The number of nitrogens with two attached hydrogens (primary N) is 1. The minimum atomic E-state index is 0.725. The van der Waals surface area contributed by atoms with Crippen molar-refractivity contribution in [3.8, 4) is 0 Å². The number of aldehydes is 1. The lowest BCUT2D eigenvalue weighted by molar-refractivity contribution is 0.0764. The van der Waals surface area contributed by atoms with Gasteiger partial charge in [0, 0.05) is 18.3 Å². The Morgan fingerprint density at radius 2 is 2.14 bits per heavy atom. The zero-order valence-electron chi connectivity index (χ0n) is 12.9. The number of fused-ring (bicyclic) bond motifs is 4. The van der Waals surface area contributed by atoms with Crippen molar-refractivity contribution >= 4 is 33.4 Å². The number of anilines is 1. The van der Waals surface area contributed by atoms with Gasteiger partial charge in [0.25, 0.3) is 0 Å². The summed E-state index contributed by atoms with van der Waals surface area (Å²) in [4.78, 5) is 13.8. The standard InChI is InChI=1S/C9H7NOS.C8H16N2/c10-8-3-1-2-6-4-7(5-11)12-9(6)8;1-9-8-6-10-4-2-7(8)3-5-10/h1-5H,10H2;7-9H,2-6H2,1H3/t;8-/m.0/s1. The first-order valence-electron chi connectivity index (χ1n) is 7.84. The van der Waals surface area contributed by atoms with Crippen LogP contribution >= 0.6 is 11.3 Å². The van der Waals surface area contributed by atoms with Gasteiger partial charge in [-0.3, -0.25) is 4.79 Å². The van der Waals surface area contributed by atoms with Crippen molar-refractivity contribution in [2.24, 2.45) is 5.92 Å². The zero-order chi connectivity index (χ0) is 15.5. The van der Waals surface area contributed by atoms with E-state index in [1.165, 1.54) is 43.8 Å². The molecule has 2 bridgehead atoms. The average molecular weight is 317 g/mol. The Morgan fingerprint density at radius 1 is 1.36 bits per heavy atom. The van der Waals surface area contributed by atoms with Crippen molar-refractivity contribution < 1.29 is 4.79 Å². The molecule has 0 aliphatic carbocycles. The van der Waals surface area contributed by atoms with Crippen molar-refractivity contribution in [2.75, 3.05) is 32.4 Å². The van der Waals surface area contributed by atoms with Crippen LogP contribution in [0, 0.1) is 5.92 Å². The third-order valence-electron chi connectivity index (χ3n) is 4.74. The number of benzene rings is 1. The summed E-state index contributed by atoms with van der Waals surface area (Å²) >= 11 is 1.43. The molecule has 0 amide bonds. The first kappa shape index (κ1) is 15.5. The first-order chi connectivity index (χ1) is 10.7. The van der Waals surface area contributed by atoms with Gasteiger partial charge in [-0.25, -0.2) is 0 Å². The summed E-state index contributed by atoms with van der Waals surface area (Å²) in [6, 6.07) is 8.33. The van der Waals surface area contributed by atoms with E-state index >= 15 is 0 Å². The molecule has 2 aromatic rings. The molecule has 1 aromatic heterocycles. The van der Waals surface area contributed by atoms with Crippen LogP contribution in [0.5, 0.6) is 0 Å². The average Bonchev–Trinajstić information content (AvgIpc) is 3.01. The molecule has 1 atom stereocenters. The van der Waals surface area contributed by atoms with Crippen molar-refractivity contribution in [2.45, 2.75) is 18.9 Å². The highest BCUT2D eigenvalue weighted by atomic mass is 32.1. The van der Waals surface area contributed by atoms with Crippen molar-refractivity contribution in [3.05, 3.63) is 29.1 Å². The van der Waals surface area contributed by atoms with Gasteiger partial charge in [-0.2, -0.15) is 0 Å². The van der Waals surface area contributed by atoms with E-state index in [2.05, 4.69) is 17.3 Å². The van der Waals surface area contributed by atoms with E-state index in [0.29, 0.717) is 0 Å². The Morgan fingerprint density at radius 3 is 2.64 bits per heavy atom. The Bertz CT molecular complexity index is 646. The van der Waals surface area contributed by atoms with Crippen molar-refractivity contribution in [3.63, 3.8) is 0 Å². The van der Waals surface area contributed by atoms with Gasteiger partial charge >= 0.3 is 0 Å². The van der Waals surface area contributed by atoms with Gasteiger partial charge in [0.1, 0.15) is 0 Å². The molecule has 4 heterocycles. The van der Waals surface area contributed by atoms with Crippen LogP contribution in [0.2, 0.25) is 0 Å². The Kier molecular flexibility index (Phi) is 4.76. The highest BCUT2D eigenvalue weighted by Crippen LogP contribution is 2.29. The molecule has 118 valence electrons. The van der Waals surface area contributed by atoms with Gasteiger partial charge in [0.05, 0.1) is 9.58 Å². The molecule has 0 unspecified atom stereocenters. The smallest absolute Gasteiger partial charge is 0.160 e. The molecule has 3 aliphatic heterocycles. The minimum absolute atomic E-state index is 0.725. The van der Waals surface area contributed by atoms with E-state index in [1.807, 2.05) is 24.3 Å². The van der Waals surface area contributed by atoms with Gasteiger partial charge in [0.2, 0.25) is 0 Å². The summed E-state index contributed by atoms with van der Waals surface area (Å²) in [5, 5.41) is 4.44. The van der Waals surface area contributed by atoms with E-state index in [-0.39, 0.29) is 0 Å². The number of carbonyl (C=O) groups is 1. The van der Waals surface area contributed by atoms with Gasteiger partial charge in [-0.15, -0.1) is 11.3 Å². The fourth-order valence-electron chi connectivity index (χ4n) is 3.46. The van der Waals surface area contributed by atoms with E-state index in [0.717, 1.165) is 38.9 Å². The van der Waals surface area contributed by atoms with Crippen LogP contribution in [0.4, 0.5) is 5.69 Å². The van der Waals surface area contributed by atoms with E-state index in [1.54, 1.807) is 0 Å². The molecule has 0 spiro atoms. The first-order valence-corrected chi connectivity index (χ1v) is 8.65. The minimum Gasteiger partial charge on any atom is -0.398 e. The highest BCUT2D eigenvalue weighted by Gasteiger charge is 2.32. The van der Waals surface area contributed by atoms with Crippen LogP contribution in [-0.4, -0.2) is 43.9 Å². The molecule has 3 aliphatic rings. The summed E-state index contributed by atoms with van der Waals surface area (Å²) in [5.74, 6) is 0.981. The molecule has 3 fully saturated rings. The summed E-state index contributed by atoms with van der Waals surface area (Å²) in [7, 11) is 2.09. The molecule has 3 N–H and O–H groups in total. The zero-order valence-corrected chi connectivity index (χ0v) is 13.7. The van der Waals surface area contributed by atoms with Crippen LogP contribution in [-0.2, 0) is 0 Å². The fraction of sp³-hybridized carbons (Fsp3) is 0.471. The van der Waals surface area contributed by atoms with E-state index < -0.39 is 0 Å². The highest BCUT2D eigenvalue weighted by molar-refractivity contribution is 7.21. The molecule has 4 nitrogen and oxygen atoms in total. The van der Waals surface area contributed by atoms with E-state index in [4.69, 9.17) is 5.73 Å². The van der Waals surface area contributed by atoms with Gasteiger partial charge in [-0.1, -0.05) is 12.1 Å². The number of rotatable bonds is 2. The van der Waals surface area contributed by atoms with Gasteiger partial charge in [-0.05, 0) is 56.4 Å². The molecule has 0 radical (unpaired) electrons. The predicted molar refractivity (Wildman–Crippen MR) is 93.6 cm³/mol. The number of piperidine rings is 3. The third-order valence-corrected chi connectivity index (χ3v) is 5.86. The molecule has 5 rings (SSSR count). The maximum absolute atomic E-state index is 10.5. The van der Waals surface area contributed by atoms with Crippen LogP contribution in [0.1, 0.15) is 22.5 Å². The number of thiophene rings is 1. The van der Waals surface area contributed by atoms with Gasteiger partial charge < -0.3 is 16.0 Å². The fourth-order valence-corrected chi connectivity index (χ4v) is 4.36. The largest absolute Gasteiger partial charge is 0.398 e.